The van der Waals surface area contributed by atoms with Crippen molar-refractivity contribution >= 4 is 17.9 Å². The lowest BCUT2D eigenvalue weighted by molar-refractivity contribution is -0.275. The maximum Gasteiger partial charge on any atom is 0.573 e. The Morgan fingerprint density at radius 2 is 1.73 bits per heavy atom. The lowest BCUT2D eigenvalue weighted by Crippen LogP contribution is -2.39. The van der Waals surface area contributed by atoms with E-state index < -0.39 is 6.36 Å². The van der Waals surface area contributed by atoms with Gasteiger partial charge in [0.1, 0.15) is 5.75 Å². The largest absolute Gasteiger partial charge is 0.573 e. The molecule has 10 heteroatoms. The number of nitrogens with one attached hydrogen (secondary N) is 2. The van der Waals surface area contributed by atoms with E-state index in [9.17, 15) is 18.0 Å². The second-order valence-corrected chi connectivity index (χ2v) is 13.0. The van der Waals surface area contributed by atoms with E-state index in [0.29, 0.717) is 35.2 Å². The average Bonchev–Trinajstić information content (AvgIpc) is 3.19. The SMILES string of the molecule is Cc1cc(SNC(C)(C)C)c(OC(F)(F)F)cc1-c1cc(C(=O)NC2CCOCC2)c(C)n1CC1CCCCC1. The Morgan fingerprint density at radius 1 is 1.05 bits per heavy atom. The van der Waals surface area contributed by atoms with Crippen LogP contribution in [0, 0.1) is 19.8 Å². The molecule has 4 rings (SSSR count). The molecule has 0 spiro atoms. The van der Waals surface area contributed by atoms with Crippen molar-refractivity contribution in [1.82, 2.24) is 14.6 Å². The number of halogens is 3. The lowest BCUT2D eigenvalue weighted by atomic mass is 9.89. The van der Waals surface area contributed by atoms with Crippen molar-refractivity contribution in [3.63, 3.8) is 0 Å². The number of hydrogen-bond acceptors (Lipinski definition) is 5. The van der Waals surface area contributed by atoms with Gasteiger partial charge in [-0.2, -0.15) is 0 Å². The van der Waals surface area contributed by atoms with Crippen LogP contribution in [0.4, 0.5) is 13.2 Å². The molecule has 1 amide bonds. The number of amides is 1. The van der Waals surface area contributed by atoms with Crippen LogP contribution in [-0.4, -0.2) is 41.6 Å². The van der Waals surface area contributed by atoms with Crippen LogP contribution >= 0.6 is 11.9 Å². The lowest BCUT2D eigenvalue weighted by Gasteiger charge is -2.25. The second-order valence-electron chi connectivity index (χ2n) is 12.1. The maximum atomic E-state index is 13.5. The van der Waals surface area contributed by atoms with Crippen LogP contribution < -0.4 is 14.8 Å². The van der Waals surface area contributed by atoms with Crippen molar-refractivity contribution in [1.29, 1.82) is 0 Å². The molecule has 2 fully saturated rings. The Bertz CT molecular complexity index is 1180. The van der Waals surface area contributed by atoms with Crippen LogP contribution in [0.2, 0.25) is 0 Å². The molecule has 2 aromatic rings. The minimum Gasteiger partial charge on any atom is -0.405 e. The normalized spacial score (nSPS) is 17.7. The summed E-state index contributed by atoms with van der Waals surface area (Å²) in [4.78, 5) is 13.8. The standard InChI is InChI=1S/C30H42F3N3O3S/c1-19-15-27(40-35-29(3,4)5)26(39-30(31,32)33)17-23(19)25-16-24(28(37)34-22-11-13-38-14-12-22)20(2)36(25)18-21-9-7-6-8-10-21/h15-17,21-22,35H,6-14,18H2,1-5H3,(H,34,37). The number of aromatic nitrogens is 1. The third-order valence-electron chi connectivity index (χ3n) is 7.59. The molecule has 0 radical (unpaired) electrons. The van der Waals surface area contributed by atoms with Crippen LogP contribution in [0.15, 0.2) is 23.1 Å². The van der Waals surface area contributed by atoms with Gasteiger partial charge in [-0.25, -0.2) is 0 Å². The molecule has 1 aromatic carbocycles. The van der Waals surface area contributed by atoms with Crippen LogP contribution in [-0.2, 0) is 11.3 Å². The van der Waals surface area contributed by atoms with Crippen molar-refractivity contribution in [3.05, 3.63) is 35.0 Å². The molecule has 1 saturated carbocycles. The fourth-order valence-corrected chi connectivity index (χ4v) is 6.35. The third-order valence-corrected chi connectivity index (χ3v) is 8.85. The van der Waals surface area contributed by atoms with E-state index in [2.05, 4.69) is 19.3 Å². The van der Waals surface area contributed by atoms with Crippen LogP contribution in [0.3, 0.4) is 0 Å². The Labute approximate surface area is 239 Å². The van der Waals surface area contributed by atoms with E-state index in [1.54, 1.807) is 6.07 Å². The highest BCUT2D eigenvalue weighted by Crippen LogP contribution is 2.40. The van der Waals surface area contributed by atoms with Gasteiger partial charge in [-0.3, -0.25) is 9.52 Å². The summed E-state index contributed by atoms with van der Waals surface area (Å²) >= 11 is 1.12. The van der Waals surface area contributed by atoms with E-state index in [-0.39, 0.29) is 23.2 Å². The summed E-state index contributed by atoms with van der Waals surface area (Å²) in [6.45, 7) is 11.6. The zero-order valence-corrected chi connectivity index (χ0v) is 25.0. The molecule has 1 aliphatic heterocycles. The number of carbonyl (C=O) groups is 1. The summed E-state index contributed by atoms with van der Waals surface area (Å²) in [7, 11) is 0. The Balaban J connectivity index is 1.76. The van der Waals surface area contributed by atoms with Gasteiger partial charge in [-0.15, -0.1) is 13.2 Å². The number of nitrogens with zero attached hydrogens (tertiary/aromatic N) is 1. The Morgan fingerprint density at radius 3 is 2.35 bits per heavy atom. The number of alkyl halides is 3. The quantitative estimate of drug-likeness (QED) is 0.315. The molecule has 0 atom stereocenters. The molecule has 0 unspecified atom stereocenters. The van der Waals surface area contributed by atoms with Crippen molar-refractivity contribution in [3.8, 4) is 17.0 Å². The van der Waals surface area contributed by atoms with Gasteiger partial charge in [0.25, 0.3) is 5.91 Å². The van der Waals surface area contributed by atoms with Gasteiger partial charge in [0.15, 0.2) is 0 Å². The van der Waals surface area contributed by atoms with Crippen molar-refractivity contribution in [2.45, 2.75) is 109 Å². The van der Waals surface area contributed by atoms with Gasteiger partial charge < -0.3 is 19.4 Å². The predicted molar refractivity (Wildman–Crippen MR) is 153 cm³/mol. The number of hydrogen-bond donors (Lipinski definition) is 2. The summed E-state index contributed by atoms with van der Waals surface area (Å²) in [5, 5.41) is 3.15. The first kappa shape index (κ1) is 30.8. The van der Waals surface area contributed by atoms with Gasteiger partial charge in [0.2, 0.25) is 0 Å². The molecule has 1 aliphatic carbocycles. The zero-order valence-electron chi connectivity index (χ0n) is 24.2. The summed E-state index contributed by atoms with van der Waals surface area (Å²) in [6, 6.07) is 5.09. The monoisotopic (exact) mass is 581 g/mol. The highest BCUT2D eigenvalue weighted by atomic mass is 32.2. The highest BCUT2D eigenvalue weighted by molar-refractivity contribution is 7.97. The molecule has 1 saturated heterocycles. The number of rotatable bonds is 8. The van der Waals surface area contributed by atoms with Gasteiger partial charge in [0.05, 0.1) is 10.5 Å². The van der Waals surface area contributed by atoms with Gasteiger partial charge in [-0.05, 0) is 102 Å². The van der Waals surface area contributed by atoms with Gasteiger partial charge in [-0.1, -0.05) is 19.3 Å². The number of ether oxygens (including phenoxy) is 2. The number of aryl methyl sites for hydroxylation is 1. The Kier molecular flexibility index (Phi) is 9.83. The third kappa shape index (κ3) is 8.19. The van der Waals surface area contributed by atoms with E-state index in [1.807, 2.05) is 40.7 Å². The molecule has 0 bridgehead atoms. The molecule has 1 aromatic heterocycles. The summed E-state index contributed by atoms with van der Waals surface area (Å²) < 4.78 is 55.8. The summed E-state index contributed by atoms with van der Waals surface area (Å²) in [5.41, 5.74) is 3.25. The topological polar surface area (TPSA) is 64.5 Å². The fourth-order valence-electron chi connectivity index (χ4n) is 5.50. The van der Waals surface area contributed by atoms with Crippen molar-refractivity contribution in [2.75, 3.05) is 13.2 Å². The molecule has 6 nitrogen and oxygen atoms in total. The average molecular weight is 582 g/mol. The first-order chi connectivity index (χ1) is 18.8. The molecule has 2 aliphatic rings. The first-order valence-electron chi connectivity index (χ1n) is 14.2. The van der Waals surface area contributed by atoms with E-state index in [0.717, 1.165) is 61.1 Å². The van der Waals surface area contributed by atoms with E-state index in [1.165, 1.54) is 25.3 Å². The second kappa shape index (κ2) is 12.8. The van der Waals surface area contributed by atoms with Gasteiger partial charge >= 0.3 is 6.36 Å². The van der Waals surface area contributed by atoms with Crippen LogP contribution in [0.25, 0.3) is 11.3 Å². The molecule has 222 valence electrons. The fraction of sp³-hybridized carbons (Fsp3) is 0.633. The zero-order chi connectivity index (χ0) is 29.1. The maximum absolute atomic E-state index is 13.5. The first-order valence-corrected chi connectivity index (χ1v) is 15.1. The van der Waals surface area contributed by atoms with Gasteiger partial charge in [0, 0.05) is 48.3 Å². The number of benzene rings is 1. The molecular formula is C30H42F3N3O3S. The predicted octanol–water partition coefficient (Wildman–Crippen LogP) is 7.55. The molecular weight excluding hydrogens is 539 g/mol. The highest BCUT2D eigenvalue weighted by Gasteiger charge is 2.33. The van der Waals surface area contributed by atoms with Crippen molar-refractivity contribution < 1.29 is 27.4 Å². The van der Waals surface area contributed by atoms with Crippen LogP contribution in [0.5, 0.6) is 5.75 Å². The minimum atomic E-state index is -4.83. The van der Waals surface area contributed by atoms with Crippen LogP contribution in [0.1, 0.15) is 87.3 Å². The minimum absolute atomic E-state index is 0.0472. The molecule has 40 heavy (non-hydrogen) atoms. The van der Waals surface area contributed by atoms with Crippen molar-refractivity contribution in [2.24, 2.45) is 5.92 Å². The molecule has 2 heterocycles. The van der Waals surface area contributed by atoms with E-state index >= 15 is 0 Å². The summed E-state index contributed by atoms with van der Waals surface area (Å²) in [5.74, 6) is 0.0483. The summed E-state index contributed by atoms with van der Waals surface area (Å²) in [6.07, 6.45) is 2.48. The number of carbonyl (C=O) groups excluding carboxylic acids is 1. The molecule has 2 N–H and O–H groups in total. The Hall–Kier alpha value is -2.17. The van der Waals surface area contributed by atoms with E-state index in [4.69, 9.17) is 4.74 Å². The smallest absolute Gasteiger partial charge is 0.405 e.